The molecule has 1 unspecified atom stereocenters. The van der Waals surface area contributed by atoms with Crippen LogP contribution in [0.1, 0.15) is 29.7 Å². The first kappa shape index (κ1) is 16.2. The largest absolute Gasteiger partial charge is 0.486 e. The molecule has 0 saturated heterocycles. The second-order valence-electron chi connectivity index (χ2n) is 5.94. The molecular formula is C19H22N2O3. The maximum Gasteiger partial charge on any atom is 0.315 e. The first-order valence-electron chi connectivity index (χ1n) is 8.11. The fourth-order valence-corrected chi connectivity index (χ4v) is 2.66. The van der Waals surface area contributed by atoms with Crippen LogP contribution in [-0.4, -0.2) is 19.2 Å². The zero-order chi connectivity index (χ0) is 16.9. The molecule has 24 heavy (non-hydrogen) atoms. The monoisotopic (exact) mass is 326 g/mol. The van der Waals surface area contributed by atoms with Crippen LogP contribution in [0.2, 0.25) is 0 Å². The minimum Gasteiger partial charge on any atom is -0.486 e. The molecule has 0 aliphatic carbocycles. The van der Waals surface area contributed by atoms with E-state index in [4.69, 9.17) is 9.47 Å². The van der Waals surface area contributed by atoms with E-state index in [1.165, 1.54) is 5.56 Å². The van der Waals surface area contributed by atoms with Gasteiger partial charge in [-0.2, -0.15) is 0 Å². The van der Waals surface area contributed by atoms with E-state index in [1.807, 2.05) is 50.2 Å². The SMILES string of the molecule is Cc1cccc(CNC(=O)NC(C)c2ccc3c(c2)OCCO3)c1. The van der Waals surface area contributed by atoms with E-state index in [0.29, 0.717) is 19.8 Å². The molecule has 1 heterocycles. The average molecular weight is 326 g/mol. The van der Waals surface area contributed by atoms with E-state index in [1.54, 1.807) is 0 Å². The van der Waals surface area contributed by atoms with Crippen molar-refractivity contribution in [1.82, 2.24) is 10.6 Å². The maximum absolute atomic E-state index is 12.1. The summed E-state index contributed by atoms with van der Waals surface area (Å²) >= 11 is 0. The number of carbonyl (C=O) groups is 1. The number of ether oxygens (including phenoxy) is 2. The van der Waals surface area contributed by atoms with Gasteiger partial charge in [0.1, 0.15) is 13.2 Å². The molecule has 0 fully saturated rings. The lowest BCUT2D eigenvalue weighted by atomic mass is 10.1. The number of nitrogens with one attached hydrogen (secondary N) is 2. The number of amides is 2. The van der Waals surface area contributed by atoms with Crippen LogP contribution >= 0.6 is 0 Å². The Morgan fingerprint density at radius 3 is 2.71 bits per heavy atom. The standard InChI is InChI=1S/C19H22N2O3/c1-13-4-3-5-15(10-13)12-20-19(22)21-14(2)16-6-7-17-18(11-16)24-9-8-23-17/h3-7,10-11,14H,8-9,12H2,1-2H3,(H2,20,21,22). The zero-order valence-corrected chi connectivity index (χ0v) is 14.0. The van der Waals surface area contributed by atoms with Gasteiger partial charge in [-0.25, -0.2) is 4.79 Å². The highest BCUT2D eigenvalue weighted by molar-refractivity contribution is 5.74. The number of hydrogen-bond donors (Lipinski definition) is 2. The molecule has 2 N–H and O–H groups in total. The number of urea groups is 1. The van der Waals surface area contributed by atoms with Gasteiger partial charge in [-0.1, -0.05) is 35.9 Å². The molecule has 0 radical (unpaired) electrons. The summed E-state index contributed by atoms with van der Waals surface area (Å²) in [4.78, 5) is 12.1. The Kier molecular flexibility index (Phi) is 4.89. The van der Waals surface area contributed by atoms with E-state index in [-0.39, 0.29) is 12.1 Å². The van der Waals surface area contributed by atoms with Gasteiger partial charge < -0.3 is 20.1 Å². The van der Waals surface area contributed by atoms with Crippen molar-refractivity contribution in [2.24, 2.45) is 0 Å². The zero-order valence-electron chi connectivity index (χ0n) is 14.0. The maximum atomic E-state index is 12.1. The Labute approximate surface area is 142 Å². The Bertz CT molecular complexity index is 730. The van der Waals surface area contributed by atoms with Gasteiger partial charge in [0.25, 0.3) is 0 Å². The summed E-state index contributed by atoms with van der Waals surface area (Å²) in [5, 5.41) is 5.82. The molecule has 3 rings (SSSR count). The molecule has 1 atom stereocenters. The minimum atomic E-state index is -0.195. The molecule has 5 nitrogen and oxygen atoms in total. The van der Waals surface area contributed by atoms with Gasteiger partial charge in [0.2, 0.25) is 0 Å². The van der Waals surface area contributed by atoms with E-state index >= 15 is 0 Å². The lowest BCUT2D eigenvalue weighted by molar-refractivity contribution is 0.171. The fourth-order valence-electron chi connectivity index (χ4n) is 2.66. The van der Waals surface area contributed by atoms with E-state index < -0.39 is 0 Å². The molecule has 2 amide bonds. The van der Waals surface area contributed by atoms with Crippen LogP contribution in [0.4, 0.5) is 4.79 Å². The summed E-state index contributed by atoms with van der Waals surface area (Å²) in [6.07, 6.45) is 0. The van der Waals surface area contributed by atoms with Gasteiger partial charge in [0.05, 0.1) is 6.04 Å². The molecule has 2 aromatic rings. The summed E-state index contributed by atoms with van der Waals surface area (Å²) in [6.45, 7) is 5.60. The third-order valence-corrected chi connectivity index (χ3v) is 3.95. The van der Waals surface area contributed by atoms with Gasteiger partial charge in [0.15, 0.2) is 11.5 Å². The minimum absolute atomic E-state index is 0.127. The van der Waals surface area contributed by atoms with Crippen molar-refractivity contribution in [3.05, 3.63) is 59.2 Å². The molecule has 1 aliphatic rings. The predicted octanol–water partition coefficient (Wildman–Crippen LogP) is 3.33. The lowest BCUT2D eigenvalue weighted by Gasteiger charge is -2.21. The Balaban J connectivity index is 1.56. The van der Waals surface area contributed by atoms with E-state index in [0.717, 1.165) is 22.6 Å². The highest BCUT2D eigenvalue weighted by atomic mass is 16.6. The van der Waals surface area contributed by atoms with Crippen molar-refractivity contribution in [3.63, 3.8) is 0 Å². The third-order valence-electron chi connectivity index (χ3n) is 3.95. The normalized spacial score (nSPS) is 13.9. The topological polar surface area (TPSA) is 59.6 Å². The Morgan fingerprint density at radius 1 is 1.12 bits per heavy atom. The number of aryl methyl sites for hydroxylation is 1. The first-order chi connectivity index (χ1) is 11.6. The molecule has 1 aliphatic heterocycles. The van der Waals surface area contributed by atoms with Crippen LogP contribution in [0.25, 0.3) is 0 Å². The molecule has 0 saturated carbocycles. The Hall–Kier alpha value is -2.69. The van der Waals surface area contributed by atoms with E-state index in [9.17, 15) is 4.79 Å². The van der Waals surface area contributed by atoms with Crippen LogP contribution in [0.15, 0.2) is 42.5 Å². The quantitative estimate of drug-likeness (QED) is 0.906. The summed E-state index contributed by atoms with van der Waals surface area (Å²) in [5.41, 5.74) is 3.24. The van der Waals surface area contributed by atoms with Gasteiger partial charge in [-0.05, 0) is 37.1 Å². The number of benzene rings is 2. The third kappa shape index (κ3) is 3.98. The highest BCUT2D eigenvalue weighted by Gasteiger charge is 2.15. The summed E-state index contributed by atoms with van der Waals surface area (Å²) in [5.74, 6) is 1.48. The lowest BCUT2D eigenvalue weighted by Crippen LogP contribution is -2.36. The average Bonchev–Trinajstić information content (AvgIpc) is 2.59. The Morgan fingerprint density at radius 2 is 1.92 bits per heavy atom. The number of rotatable bonds is 4. The van der Waals surface area contributed by atoms with Crippen molar-refractivity contribution < 1.29 is 14.3 Å². The summed E-state index contributed by atoms with van der Waals surface area (Å²) < 4.78 is 11.1. The highest BCUT2D eigenvalue weighted by Crippen LogP contribution is 2.32. The van der Waals surface area contributed by atoms with Crippen LogP contribution in [0.5, 0.6) is 11.5 Å². The van der Waals surface area contributed by atoms with Gasteiger partial charge in [-0.3, -0.25) is 0 Å². The second kappa shape index (κ2) is 7.25. The van der Waals surface area contributed by atoms with Crippen molar-refractivity contribution in [3.8, 4) is 11.5 Å². The first-order valence-corrected chi connectivity index (χ1v) is 8.11. The summed E-state index contributed by atoms with van der Waals surface area (Å²) in [7, 11) is 0. The van der Waals surface area contributed by atoms with E-state index in [2.05, 4.69) is 16.7 Å². The number of fused-ring (bicyclic) bond motifs is 1. The van der Waals surface area contributed by atoms with Crippen molar-refractivity contribution in [1.29, 1.82) is 0 Å². The molecule has 0 spiro atoms. The van der Waals surface area contributed by atoms with Crippen molar-refractivity contribution in [2.75, 3.05) is 13.2 Å². The van der Waals surface area contributed by atoms with Crippen LogP contribution in [-0.2, 0) is 6.54 Å². The van der Waals surface area contributed by atoms with Crippen molar-refractivity contribution in [2.45, 2.75) is 26.4 Å². The second-order valence-corrected chi connectivity index (χ2v) is 5.94. The molecule has 5 heteroatoms. The van der Waals surface area contributed by atoms with Gasteiger partial charge in [0, 0.05) is 6.54 Å². The summed E-state index contributed by atoms with van der Waals surface area (Å²) in [6, 6.07) is 13.5. The van der Waals surface area contributed by atoms with Gasteiger partial charge >= 0.3 is 6.03 Å². The van der Waals surface area contributed by atoms with Crippen LogP contribution in [0, 0.1) is 6.92 Å². The fraction of sp³-hybridized carbons (Fsp3) is 0.316. The van der Waals surface area contributed by atoms with Gasteiger partial charge in [-0.15, -0.1) is 0 Å². The molecule has 0 bridgehead atoms. The number of carbonyl (C=O) groups excluding carboxylic acids is 1. The predicted molar refractivity (Wildman–Crippen MR) is 92.4 cm³/mol. The number of hydrogen-bond acceptors (Lipinski definition) is 3. The van der Waals surface area contributed by atoms with Crippen molar-refractivity contribution >= 4 is 6.03 Å². The molecular weight excluding hydrogens is 304 g/mol. The molecule has 2 aromatic carbocycles. The molecule has 0 aromatic heterocycles. The molecule has 126 valence electrons. The van der Waals surface area contributed by atoms with Crippen LogP contribution < -0.4 is 20.1 Å². The smallest absolute Gasteiger partial charge is 0.315 e. The van der Waals surface area contributed by atoms with Crippen LogP contribution in [0.3, 0.4) is 0 Å².